The lowest BCUT2D eigenvalue weighted by molar-refractivity contribution is 0.332. The lowest BCUT2D eigenvalue weighted by atomic mass is 9.43. The minimum absolute atomic E-state index is 0.00373. The third-order valence-electron chi connectivity index (χ3n) is 17.4. The van der Waals surface area contributed by atoms with Crippen molar-refractivity contribution in [2.75, 3.05) is 9.71 Å². The molecule has 0 saturated carbocycles. The number of nitrogens with zero attached hydrogens (tertiary/aromatic N) is 2. The summed E-state index contributed by atoms with van der Waals surface area (Å²) < 4.78 is 7.77. The number of rotatable bonds is 3. The molecule has 12 rings (SSSR count). The van der Waals surface area contributed by atoms with E-state index >= 15 is 0 Å². The van der Waals surface area contributed by atoms with Gasteiger partial charge in [0.15, 0.2) is 0 Å². The minimum atomic E-state index is -0.265. The molecule has 0 bridgehead atoms. The number of benzene rings is 7. The van der Waals surface area contributed by atoms with Gasteiger partial charge in [-0.05, 0) is 149 Å². The second-order valence-corrected chi connectivity index (χ2v) is 26.5. The molecule has 0 spiro atoms. The van der Waals surface area contributed by atoms with Crippen molar-refractivity contribution in [3.05, 3.63) is 172 Å². The van der Waals surface area contributed by atoms with Crippen LogP contribution in [0.15, 0.2) is 138 Å². The molecule has 0 N–H and O–H groups in total. The standard InChI is InChI=1S/C67H71BN2O/c1-62(2,3)41-25-28-44(29-26-41)70-60-47(31-30-46-45-23-19-20-24-51(45)67(14,15)57(46)60)49-36-43(64(7,8)9)37-55-58(49)68(70)59-50-38-52-53(66(12,13)34-33-65(52,10)11)39-56(50)71-61(59)69(55)54-32-27-42(63(4,5)6)35-48(54)40-21-17-16-18-22-40/h16-32,35-39H,33-34H2,1-15H3. The van der Waals surface area contributed by atoms with E-state index in [1.807, 2.05) is 0 Å². The van der Waals surface area contributed by atoms with Gasteiger partial charge in [-0.3, -0.25) is 4.90 Å². The molecular weight excluding hydrogens is 860 g/mol. The van der Waals surface area contributed by atoms with Crippen molar-refractivity contribution in [1.82, 2.24) is 0 Å². The van der Waals surface area contributed by atoms with Gasteiger partial charge >= 0.3 is 6.85 Å². The fourth-order valence-corrected chi connectivity index (χ4v) is 13.0. The average Bonchev–Trinajstić information content (AvgIpc) is 3.81. The van der Waals surface area contributed by atoms with Crippen LogP contribution in [0.5, 0.6) is 0 Å². The van der Waals surface area contributed by atoms with Crippen LogP contribution in [0, 0.1) is 0 Å². The zero-order valence-corrected chi connectivity index (χ0v) is 45.0. The van der Waals surface area contributed by atoms with Crippen molar-refractivity contribution in [3.63, 3.8) is 0 Å². The summed E-state index contributed by atoms with van der Waals surface area (Å²) in [5.74, 6) is 0.906. The molecule has 0 amide bonds. The lowest BCUT2D eigenvalue weighted by Crippen LogP contribution is -2.61. The molecule has 2 aliphatic carbocycles. The number of furan rings is 1. The Hall–Kier alpha value is -6.26. The van der Waals surface area contributed by atoms with Crippen molar-refractivity contribution < 1.29 is 4.42 Å². The molecule has 0 fully saturated rings. The zero-order valence-electron chi connectivity index (χ0n) is 45.0. The average molecular weight is 931 g/mol. The smallest absolute Gasteiger partial charge is 0.337 e. The first-order chi connectivity index (χ1) is 33.4. The molecular formula is C67H71BN2O. The monoisotopic (exact) mass is 931 g/mol. The maximum atomic E-state index is 7.77. The summed E-state index contributed by atoms with van der Waals surface area (Å²) in [6, 6.07) is 51.9. The predicted molar refractivity (Wildman–Crippen MR) is 304 cm³/mol. The summed E-state index contributed by atoms with van der Waals surface area (Å²) in [4.78, 5) is 5.31. The first-order valence-corrected chi connectivity index (χ1v) is 26.3. The summed E-state index contributed by atoms with van der Waals surface area (Å²) >= 11 is 0. The van der Waals surface area contributed by atoms with Crippen molar-refractivity contribution >= 4 is 57.4 Å². The second kappa shape index (κ2) is 14.9. The number of hydrogen-bond acceptors (Lipinski definition) is 3. The summed E-state index contributed by atoms with van der Waals surface area (Å²) in [5.41, 5.74) is 25.1. The topological polar surface area (TPSA) is 19.6 Å². The molecule has 4 aliphatic rings. The highest BCUT2D eigenvalue weighted by Gasteiger charge is 2.52. The SMILES string of the molecule is CC(C)(C)c1ccc(N2B3c4c(cc(C(C)(C)C)cc4N(c4ccc(C(C)(C)C)cc4-c4ccccc4)c4oc5cc6c(cc5c43)C(C)(C)CCC6(C)C)-c3ccc4c(c32)C(C)(C)c2ccccc2-4)cc1. The maximum Gasteiger partial charge on any atom is 0.337 e. The van der Waals surface area contributed by atoms with Gasteiger partial charge in [0, 0.05) is 44.5 Å². The Labute approximate surface area is 424 Å². The first kappa shape index (κ1) is 45.9. The van der Waals surface area contributed by atoms with Gasteiger partial charge in [0.25, 0.3) is 0 Å². The highest BCUT2D eigenvalue weighted by atomic mass is 16.4. The Morgan fingerprint density at radius 3 is 1.73 bits per heavy atom. The van der Waals surface area contributed by atoms with E-state index in [0.717, 1.165) is 30.0 Å². The largest absolute Gasteiger partial charge is 0.440 e. The third-order valence-corrected chi connectivity index (χ3v) is 17.4. The predicted octanol–water partition coefficient (Wildman–Crippen LogP) is 17.4. The van der Waals surface area contributed by atoms with Gasteiger partial charge in [-0.1, -0.05) is 195 Å². The summed E-state index contributed by atoms with van der Waals surface area (Å²) in [7, 11) is 0. The molecule has 8 aromatic rings. The Bertz CT molecular complexity index is 3510. The van der Waals surface area contributed by atoms with Crippen LogP contribution >= 0.6 is 0 Å². The fraction of sp³-hybridized carbons (Fsp3) is 0.343. The van der Waals surface area contributed by atoms with Crippen LogP contribution in [-0.2, 0) is 32.5 Å². The molecule has 0 radical (unpaired) electrons. The van der Waals surface area contributed by atoms with E-state index < -0.39 is 0 Å². The van der Waals surface area contributed by atoms with Crippen molar-refractivity contribution in [2.45, 2.75) is 149 Å². The van der Waals surface area contributed by atoms with Crippen LogP contribution < -0.4 is 20.6 Å². The van der Waals surface area contributed by atoms with Crippen LogP contribution in [0.3, 0.4) is 0 Å². The van der Waals surface area contributed by atoms with Crippen molar-refractivity contribution in [3.8, 4) is 33.4 Å². The Morgan fingerprint density at radius 1 is 0.479 bits per heavy atom. The van der Waals surface area contributed by atoms with Gasteiger partial charge in [0.1, 0.15) is 5.58 Å². The van der Waals surface area contributed by atoms with Crippen LogP contribution in [0.25, 0.3) is 44.3 Å². The molecule has 1 aromatic heterocycles. The molecule has 0 unspecified atom stereocenters. The second-order valence-electron chi connectivity index (χ2n) is 26.5. The molecule has 0 saturated heterocycles. The van der Waals surface area contributed by atoms with Crippen molar-refractivity contribution in [2.24, 2.45) is 0 Å². The number of fused-ring (bicyclic) bond motifs is 11. The molecule has 2 aliphatic heterocycles. The highest BCUT2D eigenvalue weighted by molar-refractivity contribution is 6.95. The fourth-order valence-electron chi connectivity index (χ4n) is 13.0. The number of hydrogen-bond donors (Lipinski definition) is 0. The Kier molecular flexibility index (Phi) is 9.63. The van der Waals surface area contributed by atoms with Crippen molar-refractivity contribution in [1.29, 1.82) is 0 Å². The molecule has 3 heterocycles. The maximum absolute atomic E-state index is 7.77. The van der Waals surface area contributed by atoms with Gasteiger partial charge in [0.2, 0.25) is 5.88 Å². The number of anilines is 5. The zero-order chi connectivity index (χ0) is 50.1. The summed E-state index contributed by atoms with van der Waals surface area (Å²) in [6.45, 7) is 35.5. The van der Waals surface area contributed by atoms with Gasteiger partial charge < -0.3 is 9.23 Å². The normalized spacial score (nSPS) is 17.1. The molecule has 71 heavy (non-hydrogen) atoms. The minimum Gasteiger partial charge on any atom is -0.440 e. The summed E-state index contributed by atoms with van der Waals surface area (Å²) in [6.07, 6.45) is 2.27. The van der Waals surface area contributed by atoms with Crippen LogP contribution in [0.1, 0.15) is 156 Å². The highest BCUT2D eigenvalue weighted by Crippen LogP contribution is 2.59. The van der Waals surface area contributed by atoms with E-state index in [1.165, 1.54) is 106 Å². The van der Waals surface area contributed by atoms with Gasteiger partial charge in [-0.2, -0.15) is 0 Å². The van der Waals surface area contributed by atoms with Gasteiger partial charge in [-0.25, -0.2) is 0 Å². The van der Waals surface area contributed by atoms with E-state index in [1.54, 1.807) is 0 Å². The quantitative estimate of drug-likeness (QED) is 0.165. The van der Waals surface area contributed by atoms with E-state index in [2.05, 4.69) is 247 Å². The lowest BCUT2D eigenvalue weighted by Gasteiger charge is -2.46. The van der Waals surface area contributed by atoms with Crippen LogP contribution in [0.4, 0.5) is 28.6 Å². The molecule has 4 heteroatoms. The molecule has 7 aromatic carbocycles. The van der Waals surface area contributed by atoms with Crippen LogP contribution in [-0.4, -0.2) is 6.85 Å². The van der Waals surface area contributed by atoms with Gasteiger partial charge in [0.05, 0.1) is 5.69 Å². The van der Waals surface area contributed by atoms with Gasteiger partial charge in [-0.15, -0.1) is 0 Å². The molecule has 0 atom stereocenters. The van der Waals surface area contributed by atoms with E-state index in [9.17, 15) is 0 Å². The summed E-state index contributed by atoms with van der Waals surface area (Å²) in [5, 5.41) is 1.21. The van der Waals surface area contributed by atoms with Crippen LogP contribution in [0.2, 0.25) is 0 Å². The van der Waals surface area contributed by atoms with E-state index in [0.29, 0.717) is 0 Å². The Balaban J connectivity index is 1.28. The molecule has 358 valence electrons. The molecule has 3 nitrogen and oxygen atoms in total. The van der Waals surface area contributed by atoms with E-state index in [4.69, 9.17) is 4.42 Å². The Morgan fingerprint density at radius 2 is 1.07 bits per heavy atom. The van der Waals surface area contributed by atoms with E-state index in [-0.39, 0.29) is 39.3 Å². The first-order valence-electron chi connectivity index (χ1n) is 26.3. The third kappa shape index (κ3) is 6.75.